The van der Waals surface area contributed by atoms with Crippen molar-refractivity contribution in [2.75, 3.05) is 0 Å². The van der Waals surface area contributed by atoms with Crippen LogP contribution in [0.25, 0.3) is 0 Å². The number of hydrogen-bond donors (Lipinski definition) is 1. The number of hydrogen-bond acceptors (Lipinski definition) is 3. The molecule has 0 atom stereocenters. The van der Waals surface area contributed by atoms with Crippen LogP contribution in [0.2, 0.25) is 0 Å². The summed E-state index contributed by atoms with van der Waals surface area (Å²) in [6.07, 6.45) is 1.28. The highest BCUT2D eigenvalue weighted by molar-refractivity contribution is 9.10. The Morgan fingerprint density at radius 1 is 1.89 bits per heavy atom. The molecule has 0 aromatic carbocycles. The van der Waals surface area contributed by atoms with Crippen LogP contribution in [0.1, 0.15) is 10.6 Å². The van der Waals surface area contributed by atoms with Gasteiger partial charge in [-0.2, -0.15) is 0 Å². The van der Waals surface area contributed by atoms with Gasteiger partial charge in [0.1, 0.15) is 0 Å². The lowest BCUT2D eigenvalue weighted by Gasteiger charge is -1.81. The maximum absolute atomic E-state index is 10.1. The molecule has 9 heavy (non-hydrogen) atoms. The van der Waals surface area contributed by atoms with Gasteiger partial charge in [-0.1, -0.05) is 5.16 Å². The highest BCUT2D eigenvalue weighted by Crippen LogP contribution is 2.14. The minimum Gasteiger partial charge on any atom is -0.475 e. The predicted molar refractivity (Wildman–Crippen MR) is 31.2 cm³/mol. The predicted octanol–water partition coefficient (Wildman–Crippen LogP) is 1.14. The molecule has 0 aliphatic carbocycles. The Balaban J connectivity index is 3.08. The molecule has 0 unspecified atom stereocenters. The summed E-state index contributed by atoms with van der Waals surface area (Å²) in [5, 5.41) is 11.5. The maximum Gasteiger partial charge on any atom is 0.375 e. The molecule has 5 heteroatoms. The molecule has 1 rings (SSSR count). The first-order chi connectivity index (χ1) is 4.22. The highest BCUT2D eigenvalue weighted by Gasteiger charge is 2.12. The second kappa shape index (κ2) is 2.18. The molecular formula is C4H2BrNO3. The second-order valence-corrected chi connectivity index (χ2v) is 2.16. The van der Waals surface area contributed by atoms with Crippen molar-refractivity contribution < 1.29 is 14.4 Å². The molecule has 1 aromatic heterocycles. The van der Waals surface area contributed by atoms with Gasteiger partial charge < -0.3 is 9.63 Å². The minimum atomic E-state index is -1.13. The third kappa shape index (κ3) is 1.10. The summed E-state index contributed by atoms with van der Waals surface area (Å²) >= 11 is 2.93. The Kier molecular flexibility index (Phi) is 1.52. The largest absolute Gasteiger partial charge is 0.475 e. The van der Waals surface area contributed by atoms with Crippen LogP contribution in [0.5, 0.6) is 0 Å². The zero-order valence-corrected chi connectivity index (χ0v) is 5.75. The number of rotatable bonds is 1. The highest BCUT2D eigenvalue weighted by atomic mass is 79.9. The van der Waals surface area contributed by atoms with Gasteiger partial charge in [-0.05, 0) is 15.9 Å². The number of halogens is 1. The van der Waals surface area contributed by atoms with Gasteiger partial charge in [-0.3, -0.25) is 0 Å². The first-order valence-electron chi connectivity index (χ1n) is 2.05. The van der Waals surface area contributed by atoms with Gasteiger partial charge in [-0.25, -0.2) is 4.79 Å². The van der Waals surface area contributed by atoms with Gasteiger partial charge in [0.25, 0.3) is 5.76 Å². The molecule has 1 N–H and O–H groups in total. The van der Waals surface area contributed by atoms with Crippen LogP contribution in [0.3, 0.4) is 0 Å². The van der Waals surface area contributed by atoms with Gasteiger partial charge in [-0.15, -0.1) is 0 Å². The molecule has 0 aliphatic rings. The monoisotopic (exact) mass is 191 g/mol. The molecule has 4 nitrogen and oxygen atoms in total. The molecule has 0 fully saturated rings. The van der Waals surface area contributed by atoms with E-state index in [9.17, 15) is 4.79 Å². The quantitative estimate of drug-likeness (QED) is 0.724. The summed E-state index contributed by atoms with van der Waals surface area (Å²) in [7, 11) is 0. The molecule has 0 aliphatic heterocycles. The summed E-state index contributed by atoms with van der Waals surface area (Å²) in [5.74, 6) is -1.30. The molecule has 0 bridgehead atoms. The number of nitrogens with zero attached hydrogens (tertiary/aromatic N) is 1. The van der Waals surface area contributed by atoms with E-state index in [-0.39, 0.29) is 5.76 Å². The van der Waals surface area contributed by atoms with Crippen LogP contribution in [-0.2, 0) is 0 Å². The van der Waals surface area contributed by atoms with E-state index in [4.69, 9.17) is 5.11 Å². The van der Waals surface area contributed by atoms with Crippen LogP contribution in [0.4, 0.5) is 0 Å². The third-order valence-electron chi connectivity index (χ3n) is 0.721. The average Bonchev–Trinajstić information content (AvgIpc) is 2.13. The Bertz CT molecular complexity index is 231. The van der Waals surface area contributed by atoms with Gasteiger partial charge >= 0.3 is 5.97 Å². The van der Waals surface area contributed by atoms with Gasteiger partial charge in [0, 0.05) is 0 Å². The van der Waals surface area contributed by atoms with Gasteiger partial charge in [0.15, 0.2) is 0 Å². The molecule has 0 saturated heterocycles. The van der Waals surface area contributed by atoms with E-state index in [1.807, 2.05) is 0 Å². The standard InChI is InChI=1S/C4H2BrNO3/c5-2-1-6-9-3(2)4(7)8/h1H,(H,7,8). The molecular weight excluding hydrogens is 190 g/mol. The number of aromatic carboxylic acids is 1. The van der Waals surface area contributed by atoms with Crippen LogP contribution < -0.4 is 0 Å². The Hall–Kier alpha value is -0.840. The van der Waals surface area contributed by atoms with Gasteiger partial charge in [0.05, 0.1) is 10.7 Å². The summed E-state index contributed by atoms with van der Waals surface area (Å²) in [5.41, 5.74) is 0. The van der Waals surface area contributed by atoms with E-state index in [0.29, 0.717) is 4.47 Å². The Morgan fingerprint density at radius 2 is 2.56 bits per heavy atom. The second-order valence-electron chi connectivity index (χ2n) is 1.31. The number of carboxylic acids is 1. The van der Waals surface area contributed by atoms with Crippen LogP contribution in [-0.4, -0.2) is 16.2 Å². The van der Waals surface area contributed by atoms with E-state index in [1.165, 1.54) is 6.20 Å². The first-order valence-corrected chi connectivity index (χ1v) is 2.84. The van der Waals surface area contributed by atoms with Crippen molar-refractivity contribution in [1.29, 1.82) is 0 Å². The molecule has 0 amide bonds. The molecule has 1 heterocycles. The topological polar surface area (TPSA) is 63.3 Å². The van der Waals surface area contributed by atoms with Crippen molar-refractivity contribution in [3.05, 3.63) is 16.4 Å². The smallest absolute Gasteiger partial charge is 0.375 e. The van der Waals surface area contributed by atoms with Gasteiger partial charge in [0.2, 0.25) is 0 Å². The number of aromatic nitrogens is 1. The Morgan fingerprint density at radius 3 is 2.78 bits per heavy atom. The summed E-state index contributed by atoms with van der Waals surface area (Å²) in [4.78, 5) is 10.1. The lowest BCUT2D eigenvalue weighted by Crippen LogP contribution is -1.93. The fourth-order valence-electron chi connectivity index (χ4n) is 0.369. The lowest BCUT2D eigenvalue weighted by atomic mass is 10.5. The third-order valence-corrected chi connectivity index (χ3v) is 1.29. The zero-order chi connectivity index (χ0) is 6.85. The Labute approximate surface area is 58.6 Å². The zero-order valence-electron chi connectivity index (χ0n) is 4.17. The van der Waals surface area contributed by atoms with E-state index in [1.54, 1.807) is 0 Å². The summed E-state index contributed by atoms with van der Waals surface area (Å²) in [6, 6.07) is 0. The normalized spacial score (nSPS) is 9.44. The van der Waals surface area contributed by atoms with E-state index in [0.717, 1.165) is 0 Å². The molecule has 0 saturated carbocycles. The molecule has 0 radical (unpaired) electrons. The summed E-state index contributed by atoms with van der Waals surface area (Å²) in [6.45, 7) is 0. The lowest BCUT2D eigenvalue weighted by molar-refractivity contribution is 0.0650. The number of carbonyl (C=O) groups is 1. The van der Waals surface area contributed by atoms with Crippen LogP contribution >= 0.6 is 15.9 Å². The average molecular weight is 192 g/mol. The fourth-order valence-corrected chi connectivity index (χ4v) is 0.694. The van der Waals surface area contributed by atoms with E-state index < -0.39 is 5.97 Å². The van der Waals surface area contributed by atoms with Crippen molar-refractivity contribution in [3.63, 3.8) is 0 Å². The molecule has 0 spiro atoms. The van der Waals surface area contributed by atoms with Crippen molar-refractivity contribution in [1.82, 2.24) is 5.16 Å². The fraction of sp³-hybridized carbons (Fsp3) is 0. The van der Waals surface area contributed by atoms with Crippen molar-refractivity contribution >= 4 is 21.9 Å². The van der Waals surface area contributed by atoms with Crippen molar-refractivity contribution in [2.24, 2.45) is 0 Å². The van der Waals surface area contributed by atoms with Crippen LogP contribution in [0.15, 0.2) is 15.2 Å². The molecule has 1 aromatic rings. The van der Waals surface area contributed by atoms with Crippen molar-refractivity contribution in [3.8, 4) is 0 Å². The summed E-state index contributed by atoms with van der Waals surface area (Å²) < 4.78 is 4.69. The SMILES string of the molecule is O=C(O)c1oncc1Br. The minimum absolute atomic E-state index is 0.171. The van der Waals surface area contributed by atoms with Crippen LogP contribution in [0, 0.1) is 0 Å². The van der Waals surface area contributed by atoms with E-state index in [2.05, 4.69) is 25.6 Å². The number of carboxylic acid groups (broad SMARTS) is 1. The first kappa shape index (κ1) is 6.28. The molecule has 48 valence electrons. The van der Waals surface area contributed by atoms with Crippen molar-refractivity contribution in [2.45, 2.75) is 0 Å². The van der Waals surface area contributed by atoms with E-state index >= 15 is 0 Å². The maximum atomic E-state index is 10.1.